The monoisotopic (exact) mass is 224 g/mol. The first kappa shape index (κ1) is 12.7. The molecule has 0 bridgehead atoms. The molecule has 1 aromatic rings. The third-order valence-electron chi connectivity index (χ3n) is 2.59. The molecule has 16 heavy (non-hydrogen) atoms. The SMILES string of the molecule is CCN(CC(C)(C)CN)C(=O)c1cn[nH]c1. The highest BCUT2D eigenvalue weighted by Gasteiger charge is 2.23. The normalized spacial score (nSPS) is 11.5. The Labute approximate surface area is 96.0 Å². The lowest BCUT2D eigenvalue weighted by Crippen LogP contribution is -2.41. The van der Waals surface area contributed by atoms with Crippen LogP contribution in [0.2, 0.25) is 0 Å². The van der Waals surface area contributed by atoms with Gasteiger partial charge in [-0.3, -0.25) is 9.89 Å². The predicted octanol–water partition coefficient (Wildman–Crippen LogP) is 0.857. The second-order valence-electron chi connectivity index (χ2n) is 4.67. The Morgan fingerprint density at radius 3 is 2.75 bits per heavy atom. The van der Waals surface area contributed by atoms with Crippen LogP contribution in [0.4, 0.5) is 0 Å². The lowest BCUT2D eigenvalue weighted by Gasteiger charge is -2.30. The molecule has 0 unspecified atom stereocenters. The third-order valence-corrected chi connectivity index (χ3v) is 2.59. The van der Waals surface area contributed by atoms with Gasteiger partial charge in [-0.25, -0.2) is 0 Å². The molecular weight excluding hydrogens is 204 g/mol. The molecule has 1 amide bonds. The molecular formula is C11H20N4O. The Morgan fingerprint density at radius 1 is 1.62 bits per heavy atom. The van der Waals surface area contributed by atoms with Crippen LogP contribution in [0.1, 0.15) is 31.1 Å². The van der Waals surface area contributed by atoms with Crippen molar-refractivity contribution < 1.29 is 4.79 Å². The van der Waals surface area contributed by atoms with Crippen LogP contribution < -0.4 is 5.73 Å². The summed E-state index contributed by atoms with van der Waals surface area (Å²) in [4.78, 5) is 13.8. The number of H-pyrrole nitrogens is 1. The van der Waals surface area contributed by atoms with Gasteiger partial charge in [0.1, 0.15) is 0 Å². The fourth-order valence-electron chi connectivity index (χ4n) is 1.46. The van der Waals surface area contributed by atoms with Gasteiger partial charge in [0.2, 0.25) is 0 Å². The predicted molar refractivity (Wildman–Crippen MR) is 63.0 cm³/mol. The van der Waals surface area contributed by atoms with E-state index in [1.165, 1.54) is 0 Å². The minimum atomic E-state index is -0.0601. The number of hydrogen-bond acceptors (Lipinski definition) is 3. The number of rotatable bonds is 5. The number of nitrogens with zero attached hydrogens (tertiary/aromatic N) is 2. The molecule has 0 aliphatic rings. The van der Waals surface area contributed by atoms with Crippen LogP contribution in [0.25, 0.3) is 0 Å². The molecule has 5 heteroatoms. The number of nitrogens with two attached hydrogens (primary N) is 1. The number of aromatic amines is 1. The lowest BCUT2D eigenvalue weighted by molar-refractivity contribution is 0.0701. The van der Waals surface area contributed by atoms with E-state index in [4.69, 9.17) is 5.73 Å². The van der Waals surface area contributed by atoms with E-state index in [1.54, 1.807) is 17.3 Å². The summed E-state index contributed by atoms with van der Waals surface area (Å²) in [6, 6.07) is 0. The Morgan fingerprint density at radius 2 is 2.31 bits per heavy atom. The van der Waals surface area contributed by atoms with Gasteiger partial charge in [-0.15, -0.1) is 0 Å². The topological polar surface area (TPSA) is 75.0 Å². The largest absolute Gasteiger partial charge is 0.338 e. The average Bonchev–Trinajstić information content (AvgIpc) is 2.78. The molecule has 3 N–H and O–H groups in total. The summed E-state index contributed by atoms with van der Waals surface area (Å²) in [6.45, 7) is 7.96. The highest BCUT2D eigenvalue weighted by molar-refractivity contribution is 5.93. The highest BCUT2D eigenvalue weighted by Crippen LogP contribution is 2.16. The molecule has 0 aromatic carbocycles. The molecule has 90 valence electrons. The van der Waals surface area contributed by atoms with Crippen molar-refractivity contribution in [1.82, 2.24) is 15.1 Å². The molecule has 0 spiro atoms. The first-order valence-electron chi connectivity index (χ1n) is 5.48. The fraction of sp³-hybridized carbons (Fsp3) is 0.636. The van der Waals surface area contributed by atoms with Crippen LogP contribution in [0.5, 0.6) is 0 Å². The van der Waals surface area contributed by atoms with Gasteiger partial charge >= 0.3 is 0 Å². The molecule has 0 aliphatic heterocycles. The van der Waals surface area contributed by atoms with Crippen LogP contribution in [0.15, 0.2) is 12.4 Å². The zero-order valence-corrected chi connectivity index (χ0v) is 10.2. The fourth-order valence-corrected chi connectivity index (χ4v) is 1.46. The van der Waals surface area contributed by atoms with Gasteiger partial charge in [-0.1, -0.05) is 13.8 Å². The summed E-state index contributed by atoms with van der Waals surface area (Å²) in [6.07, 6.45) is 3.15. The van der Waals surface area contributed by atoms with Crippen LogP contribution >= 0.6 is 0 Å². The third kappa shape index (κ3) is 3.06. The van der Waals surface area contributed by atoms with Gasteiger partial charge in [0, 0.05) is 19.3 Å². The van der Waals surface area contributed by atoms with Crippen molar-refractivity contribution in [2.45, 2.75) is 20.8 Å². The number of hydrogen-bond donors (Lipinski definition) is 2. The van der Waals surface area contributed by atoms with E-state index < -0.39 is 0 Å². The second kappa shape index (κ2) is 5.12. The number of carbonyl (C=O) groups excluding carboxylic acids is 1. The molecule has 1 aromatic heterocycles. The summed E-state index contributed by atoms with van der Waals surface area (Å²) in [5.41, 5.74) is 6.20. The summed E-state index contributed by atoms with van der Waals surface area (Å²) in [5, 5.41) is 6.42. The Bertz CT molecular complexity index is 332. The first-order chi connectivity index (χ1) is 7.50. The number of nitrogens with one attached hydrogen (secondary N) is 1. The number of amides is 1. The maximum atomic E-state index is 12.1. The number of carbonyl (C=O) groups is 1. The average molecular weight is 224 g/mol. The van der Waals surface area contributed by atoms with Crippen molar-refractivity contribution in [3.8, 4) is 0 Å². The van der Waals surface area contributed by atoms with Crippen LogP contribution in [0.3, 0.4) is 0 Å². The molecule has 0 saturated carbocycles. The maximum Gasteiger partial charge on any atom is 0.257 e. The molecule has 0 saturated heterocycles. The van der Waals surface area contributed by atoms with Crippen LogP contribution in [-0.4, -0.2) is 40.6 Å². The second-order valence-corrected chi connectivity index (χ2v) is 4.67. The first-order valence-corrected chi connectivity index (χ1v) is 5.48. The Balaban J connectivity index is 2.72. The quantitative estimate of drug-likeness (QED) is 0.778. The van der Waals surface area contributed by atoms with Gasteiger partial charge in [-0.2, -0.15) is 5.10 Å². The lowest BCUT2D eigenvalue weighted by atomic mass is 9.93. The van der Waals surface area contributed by atoms with Gasteiger partial charge in [0.15, 0.2) is 0 Å². The van der Waals surface area contributed by atoms with E-state index in [0.717, 1.165) is 0 Å². The smallest absolute Gasteiger partial charge is 0.257 e. The maximum absolute atomic E-state index is 12.1. The summed E-state index contributed by atoms with van der Waals surface area (Å²) < 4.78 is 0. The van der Waals surface area contributed by atoms with E-state index in [1.807, 2.05) is 6.92 Å². The summed E-state index contributed by atoms with van der Waals surface area (Å²) in [7, 11) is 0. The van der Waals surface area contributed by atoms with Crippen molar-refractivity contribution in [1.29, 1.82) is 0 Å². The van der Waals surface area contributed by atoms with E-state index in [2.05, 4.69) is 24.0 Å². The minimum absolute atomic E-state index is 0.00206. The molecule has 0 radical (unpaired) electrons. The zero-order chi connectivity index (χ0) is 12.2. The van der Waals surface area contributed by atoms with Crippen molar-refractivity contribution in [3.05, 3.63) is 18.0 Å². The summed E-state index contributed by atoms with van der Waals surface area (Å²) in [5.74, 6) is -0.00206. The van der Waals surface area contributed by atoms with E-state index in [-0.39, 0.29) is 11.3 Å². The molecule has 1 rings (SSSR count). The van der Waals surface area contributed by atoms with Crippen molar-refractivity contribution in [3.63, 3.8) is 0 Å². The van der Waals surface area contributed by atoms with E-state index >= 15 is 0 Å². The van der Waals surface area contributed by atoms with E-state index in [0.29, 0.717) is 25.2 Å². The Kier molecular flexibility index (Phi) is 4.06. The van der Waals surface area contributed by atoms with Gasteiger partial charge in [-0.05, 0) is 18.9 Å². The molecule has 5 nitrogen and oxygen atoms in total. The minimum Gasteiger partial charge on any atom is -0.338 e. The molecule has 1 heterocycles. The van der Waals surface area contributed by atoms with Crippen molar-refractivity contribution >= 4 is 5.91 Å². The Hall–Kier alpha value is -1.36. The van der Waals surface area contributed by atoms with E-state index in [9.17, 15) is 4.79 Å². The standard InChI is InChI=1S/C11H20N4O/c1-4-15(8-11(2,3)7-12)10(16)9-5-13-14-6-9/h5-6H,4,7-8,12H2,1-3H3,(H,13,14). The molecule has 0 aliphatic carbocycles. The van der Waals surface area contributed by atoms with Crippen LogP contribution in [-0.2, 0) is 0 Å². The molecule has 0 fully saturated rings. The summed E-state index contributed by atoms with van der Waals surface area (Å²) >= 11 is 0. The highest BCUT2D eigenvalue weighted by atomic mass is 16.2. The number of aromatic nitrogens is 2. The molecule has 0 atom stereocenters. The zero-order valence-electron chi connectivity index (χ0n) is 10.2. The van der Waals surface area contributed by atoms with Crippen molar-refractivity contribution in [2.75, 3.05) is 19.6 Å². The van der Waals surface area contributed by atoms with Gasteiger partial charge in [0.05, 0.1) is 11.8 Å². The van der Waals surface area contributed by atoms with Crippen molar-refractivity contribution in [2.24, 2.45) is 11.1 Å². The van der Waals surface area contributed by atoms with Gasteiger partial charge in [0.25, 0.3) is 5.91 Å². The van der Waals surface area contributed by atoms with Gasteiger partial charge < -0.3 is 10.6 Å². The van der Waals surface area contributed by atoms with Crippen LogP contribution in [0, 0.1) is 5.41 Å².